The van der Waals surface area contributed by atoms with Crippen molar-refractivity contribution in [3.63, 3.8) is 0 Å². The molecule has 0 aliphatic heterocycles. The number of aromatic nitrogens is 2. The minimum atomic E-state index is -1.07. The number of rotatable bonds is 4. The number of anilines is 1. The van der Waals surface area contributed by atoms with Gasteiger partial charge in [-0.25, -0.2) is 4.79 Å². The van der Waals surface area contributed by atoms with E-state index < -0.39 is 5.97 Å². The van der Waals surface area contributed by atoms with E-state index >= 15 is 0 Å². The van der Waals surface area contributed by atoms with Gasteiger partial charge in [-0.3, -0.25) is 0 Å². The molecule has 1 aromatic rings. The molecule has 0 unspecified atom stereocenters. The predicted molar refractivity (Wildman–Crippen MR) is 56.9 cm³/mol. The van der Waals surface area contributed by atoms with Crippen LogP contribution in [0.1, 0.15) is 24.3 Å². The summed E-state index contributed by atoms with van der Waals surface area (Å²) in [6.45, 7) is 4.66. The van der Waals surface area contributed by atoms with Gasteiger partial charge in [0.05, 0.1) is 0 Å². The highest BCUT2D eigenvalue weighted by Gasteiger charge is 2.03. The predicted octanol–water partition coefficient (Wildman–Crippen LogP) is 1.55. The SMILES string of the molecule is CC(C)=CCNc1ccc(C(=O)O)nn1. The molecular weight excluding hydrogens is 194 g/mol. The highest BCUT2D eigenvalue weighted by Crippen LogP contribution is 2.01. The van der Waals surface area contributed by atoms with Crippen LogP contribution in [-0.4, -0.2) is 27.8 Å². The van der Waals surface area contributed by atoms with Gasteiger partial charge in [-0.2, -0.15) is 0 Å². The molecule has 15 heavy (non-hydrogen) atoms. The molecule has 1 aromatic heterocycles. The molecule has 0 aromatic carbocycles. The van der Waals surface area contributed by atoms with E-state index in [-0.39, 0.29) is 5.69 Å². The fourth-order valence-corrected chi connectivity index (χ4v) is 0.900. The highest BCUT2D eigenvalue weighted by atomic mass is 16.4. The number of hydrogen-bond acceptors (Lipinski definition) is 4. The Morgan fingerprint density at radius 2 is 2.20 bits per heavy atom. The summed E-state index contributed by atoms with van der Waals surface area (Å²) in [5, 5.41) is 18.9. The zero-order valence-corrected chi connectivity index (χ0v) is 8.69. The summed E-state index contributed by atoms with van der Waals surface area (Å²) in [5.41, 5.74) is 1.15. The van der Waals surface area contributed by atoms with E-state index in [1.54, 1.807) is 6.07 Å². The van der Waals surface area contributed by atoms with Gasteiger partial charge in [-0.15, -0.1) is 10.2 Å². The average Bonchev–Trinajstić information content (AvgIpc) is 2.18. The third-order valence-electron chi connectivity index (χ3n) is 1.68. The number of aromatic carboxylic acids is 1. The monoisotopic (exact) mass is 207 g/mol. The van der Waals surface area contributed by atoms with Gasteiger partial charge in [0.15, 0.2) is 5.69 Å². The molecule has 1 heterocycles. The molecule has 2 N–H and O–H groups in total. The lowest BCUT2D eigenvalue weighted by Crippen LogP contribution is -2.06. The van der Waals surface area contributed by atoms with Crippen molar-refractivity contribution in [2.75, 3.05) is 11.9 Å². The maximum atomic E-state index is 10.5. The number of nitrogens with one attached hydrogen (secondary N) is 1. The van der Waals surface area contributed by atoms with E-state index in [1.807, 2.05) is 19.9 Å². The summed E-state index contributed by atoms with van der Waals surface area (Å²) >= 11 is 0. The summed E-state index contributed by atoms with van der Waals surface area (Å²) in [5.74, 6) is -0.504. The Labute approximate surface area is 87.8 Å². The normalized spacial score (nSPS) is 9.47. The lowest BCUT2D eigenvalue weighted by atomic mass is 10.3. The zero-order chi connectivity index (χ0) is 11.3. The molecule has 0 radical (unpaired) electrons. The number of nitrogens with zero attached hydrogens (tertiary/aromatic N) is 2. The molecule has 0 spiro atoms. The van der Waals surface area contributed by atoms with Crippen molar-refractivity contribution in [1.29, 1.82) is 0 Å². The van der Waals surface area contributed by atoms with E-state index in [9.17, 15) is 4.79 Å². The smallest absolute Gasteiger partial charge is 0.356 e. The number of carboxylic acids is 1. The molecule has 1 rings (SSSR count). The average molecular weight is 207 g/mol. The minimum absolute atomic E-state index is 0.0530. The molecule has 5 nitrogen and oxygen atoms in total. The fraction of sp³-hybridized carbons (Fsp3) is 0.300. The second kappa shape index (κ2) is 5.09. The van der Waals surface area contributed by atoms with Gasteiger partial charge in [-0.05, 0) is 26.0 Å². The Balaban J connectivity index is 2.57. The molecule has 0 bridgehead atoms. The van der Waals surface area contributed by atoms with Gasteiger partial charge in [-0.1, -0.05) is 11.6 Å². The molecule has 0 saturated carbocycles. The first-order valence-electron chi connectivity index (χ1n) is 4.54. The van der Waals surface area contributed by atoms with Gasteiger partial charge in [0.1, 0.15) is 5.82 Å². The van der Waals surface area contributed by atoms with Crippen LogP contribution >= 0.6 is 0 Å². The van der Waals surface area contributed by atoms with Crippen LogP contribution in [0.5, 0.6) is 0 Å². The summed E-state index contributed by atoms with van der Waals surface area (Å²) in [4.78, 5) is 10.5. The van der Waals surface area contributed by atoms with Gasteiger partial charge >= 0.3 is 5.97 Å². The molecule has 0 atom stereocenters. The third kappa shape index (κ3) is 3.76. The summed E-state index contributed by atoms with van der Waals surface area (Å²) < 4.78 is 0. The van der Waals surface area contributed by atoms with Crippen LogP contribution in [0.25, 0.3) is 0 Å². The molecule has 80 valence electrons. The van der Waals surface area contributed by atoms with Crippen molar-refractivity contribution in [1.82, 2.24) is 10.2 Å². The first-order valence-corrected chi connectivity index (χ1v) is 4.54. The Morgan fingerprint density at radius 3 is 2.67 bits per heavy atom. The molecule has 0 amide bonds. The standard InChI is InChI=1S/C10H13N3O2/c1-7(2)5-6-11-9-4-3-8(10(14)15)12-13-9/h3-5H,6H2,1-2H3,(H,11,13)(H,14,15). The summed E-state index contributed by atoms with van der Waals surface area (Å²) in [6.07, 6.45) is 2.01. The Hall–Kier alpha value is -1.91. The first-order chi connectivity index (χ1) is 7.09. The molecule has 5 heteroatoms. The molecular formula is C10H13N3O2. The molecule has 0 saturated heterocycles. The van der Waals surface area contributed by atoms with E-state index in [4.69, 9.17) is 5.11 Å². The maximum absolute atomic E-state index is 10.5. The Bertz CT molecular complexity index is 367. The van der Waals surface area contributed by atoms with Crippen LogP contribution < -0.4 is 5.32 Å². The lowest BCUT2D eigenvalue weighted by Gasteiger charge is -2.01. The van der Waals surface area contributed by atoms with Gasteiger partial charge in [0.25, 0.3) is 0 Å². The van der Waals surface area contributed by atoms with Crippen molar-refractivity contribution < 1.29 is 9.90 Å². The fourth-order valence-electron chi connectivity index (χ4n) is 0.900. The van der Waals surface area contributed by atoms with Crippen molar-refractivity contribution in [3.8, 4) is 0 Å². The van der Waals surface area contributed by atoms with Crippen molar-refractivity contribution in [2.24, 2.45) is 0 Å². The van der Waals surface area contributed by atoms with Crippen molar-refractivity contribution in [3.05, 3.63) is 29.5 Å². The number of allylic oxidation sites excluding steroid dienone is 1. The largest absolute Gasteiger partial charge is 0.476 e. The summed E-state index contributed by atoms with van der Waals surface area (Å²) in [7, 11) is 0. The second-order valence-electron chi connectivity index (χ2n) is 3.27. The van der Waals surface area contributed by atoms with Crippen LogP contribution in [0.4, 0.5) is 5.82 Å². The molecule has 0 aliphatic rings. The topological polar surface area (TPSA) is 75.1 Å². The highest BCUT2D eigenvalue weighted by molar-refractivity contribution is 5.85. The molecule has 0 aliphatic carbocycles. The quantitative estimate of drug-likeness (QED) is 0.733. The van der Waals surface area contributed by atoms with E-state index in [0.717, 1.165) is 0 Å². The van der Waals surface area contributed by atoms with Gasteiger partial charge in [0, 0.05) is 6.54 Å². The lowest BCUT2D eigenvalue weighted by molar-refractivity contribution is 0.0689. The number of hydrogen-bond donors (Lipinski definition) is 2. The second-order valence-corrected chi connectivity index (χ2v) is 3.27. The zero-order valence-electron chi connectivity index (χ0n) is 8.69. The van der Waals surface area contributed by atoms with Crippen LogP contribution in [0.2, 0.25) is 0 Å². The van der Waals surface area contributed by atoms with E-state index in [2.05, 4.69) is 15.5 Å². The van der Waals surface area contributed by atoms with E-state index in [1.165, 1.54) is 11.6 Å². The van der Waals surface area contributed by atoms with Crippen LogP contribution in [0.3, 0.4) is 0 Å². The number of carboxylic acid groups (broad SMARTS) is 1. The number of carbonyl (C=O) groups is 1. The van der Waals surface area contributed by atoms with Gasteiger partial charge < -0.3 is 10.4 Å². The van der Waals surface area contributed by atoms with Gasteiger partial charge in [0.2, 0.25) is 0 Å². The Morgan fingerprint density at radius 1 is 1.47 bits per heavy atom. The third-order valence-corrected chi connectivity index (χ3v) is 1.68. The van der Waals surface area contributed by atoms with E-state index in [0.29, 0.717) is 12.4 Å². The van der Waals surface area contributed by atoms with Crippen molar-refractivity contribution in [2.45, 2.75) is 13.8 Å². The first kappa shape index (κ1) is 11.2. The van der Waals surface area contributed by atoms with Crippen molar-refractivity contribution >= 4 is 11.8 Å². The van der Waals surface area contributed by atoms with Crippen LogP contribution in [0.15, 0.2) is 23.8 Å². The van der Waals surface area contributed by atoms with Crippen LogP contribution in [0, 0.1) is 0 Å². The van der Waals surface area contributed by atoms with Crippen LogP contribution in [-0.2, 0) is 0 Å². The maximum Gasteiger partial charge on any atom is 0.356 e. The molecule has 0 fully saturated rings. The summed E-state index contributed by atoms with van der Waals surface area (Å²) in [6, 6.07) is 3.01. The Kier molecular flexibility index (Phi) is 3.79. The minimum Gasteiger partial charge on any atom is -0.476 e.